The maximum Gasteiger partial charge on any atom is 0.334 e. The van der Waals surface area contributed by atoms with Gasteiger partial charge >= 0.3 is 12.0 Å². The molecular weight excluding hydrogens is 226 g/mol. The standard InChI is InChI=1S/C10H19N3O4/c1-11-3-2-4-12-10(16)13-5-6-17-8(7-13)9(14)15/h8,11H,2-7H2,1H3,(H,12,16)(H,14,15). The summed E-state index contributed by atoms with van der Waals surface area (Å²) in [4.78, 5) is 23.9. The van der Waals surface area contributed by atoms with Gasteiger partial charge in [0, 0.05) is 13.1 Å². The fourth-order valence-corrected chi connectivity index (χ4v) is 1.56. The first kappa shape index (κ1) is 13.7. The topological polar surface area (TPSA) is 90.9 Å². The number of carboxylic acid groups (broad SMARTS) is 1. The van der Waals surface area contributed by atoms with E-state index < -0.39 is 12.1 Å². The lowest BCUT2D eigenvalue weighted by molar-refractivity contribution is -0.154. The van der Waals surface area contributed by atoms with Gasteiger partial charge in [-0.1, -0.05) is 0 Å². The number of hydrogen-bond donors (Lipinski definition) is 3. The molecule has 0 aromatic carbocycles. The molecule has 1 heterocycles. The molecule has 0 aromatic heterocycles. The third kappa shape index (κ3) is 4.58. The van der Waals surface area contributed by atoms with Gasteiger partial charge in [0.2, 0.25) is 0 Å². The number of carbonyl (C=O) groups excluding carboxylic acids is 1. The van der Waals surface area contributed by atoms with Gasteiger partial charge in [0.1, 0.15) is 0 Å². The van der Waals surface area contributed by atoms with E-state index in [4.69, 9.17) is 9.84 Å². The van der Waals surface area contributed by atoms with Crippen LogP contribution in [0.4, 0.5) is 4.79 Å². The second-order valence-corrected chi connectivity index (χ2v) is 3.83. The summed E-state index contributed by atoms with van der Waals surface area (Å²) in [6.45, 7) is 2.21. The third-order valence-electron chi connectivity index (χ3n) is 2.51. The second kappa shape index (κ2) is 7.08. The highest BCUT2D eigenvalue weighted by molar-refractivity contribution is 5.77. The molecule has 1 saturated heterocycles. The molecule has 0 spiro atoms. The molecule has 1 aliphatic heterocycles. The van der Waals surface area contributed by atoms with Gasteiger partial charge in [-0.2, -0.15) is 0 Å². The van der Waals surface area contributed by atoms with Crippen molar-refractivity contribution in [1.82, 2.24) is 15.5 Å². The average molecular weight is 245 g/mol. The molecule has 7 heteroatoms. The van der Waals surface area contributed by atoms with Crippen molar-refractivity contribution >= 4 is 12.0 Å². The first-order valence-electron chi connectivity index (χ1n) is 5.67. The van der Waals surface area contributed by atoms with E-state index >= 15 is 0 Å². The molecule has 0 aromatic rings. The molecule has 1 atom stereocenters. The van der Waals surface area contributed by atoms with Crippen LogP contribution >= 0.6 is 0 Å². The van der Waals surface area contributed by atoms with Crippen LogP contribution < -0.4 is 10.6 Å². The summed E-state index contributed by atoms with van der Waals surface area (Å²) >= 11 is 0. The van der Waals surface area contributed by atoms with Crippen molar-refractivity contribution in [3.05, 3.63) is 0 Å². The lowest BCUT2D eigenvalue weighted by Gasteiger charge is -2.30. The van der Waals surface area contributed by atoms with E-state index in [1.807, 2.05) is 7.05 Å². The van der Waals surface area contributed by atoms with Crippen molar-refractivity contribution < 1.29 is 19.4 Å². The van der Waals surface area contributed by atoms with Crippen LogP contribution in [0, 0.1) is 0 Å². The highest BCUT2D eigenvalue weighted by atomic mass is 16.5. The van der Waals surface area contributed by atoms with E-state index in [0.29, 0.717) is 13.1 Å². The smallest absolute Gasteiger partial charge is 0.334 e. The predicted molar refractivity (Wildman–Crippen MR) is 60.9 cm³/mol. The monoisotopic (exact) mass is 245 g/mol. The van der Waals surface area contributed by atoms with Crippen LogP contribution in [-0.2, 0) is 9.53 Å². The van der Waals surface area contributed by atoms with Gasteiger partial charge in [0.25, 0.3) is 0 Å². The summed E-state index contributed by atoms with van der Waals surface area (Å²) in [6, 6.07) is -0.226. The number of amides is 2. The molecular formula is C10H19N3O4. The molecule has 1 fully saturated rings. The lowest BCUT2D eigenvalue weighted by Crippen LogP contribution is -2.52. The number of rotatable bonds is 5. The van der Waals surface area contributed by atoms with Gasteiger partial charge in [-0.05, 0) is 20.0 Å². The zero-order chi connectivity index (χ0) is 12.7. The largest absolute Gasteiger partial charge is 0.479 e. The van der Waals surface area contributed by atoms with E-state index in [2.05, 4.69) is 10.6 Å². The number of ether oxygens (including phenoxy) is 1. The maximum absolute atomic E-state index is 11.7. The summed E-state index contributed by atoms with van der Waals surface area (Å²) in [7, 11) is 1.85. The molecule has 0 radical (unpaired) electrons. The molecule has 1 rings (SSSR count). The summed E-state index contributed by atoms with van der Waals surface area (Å²) in [6.07, 6.45) is -0.0682. The molecule has 1 unspecified atom stereocenters. The number of hydrogen-bond acceptors (Lipinski definition) is 4. The van der Waals surface area contributed by atoms with Gasteiger partial charge in [0.15, 0.2) is 6.10 Å². The summed E-state index contributed by atoms with van der Waals surface area (Å²) in [5.74, 6) is -1.03. The zero-order valence-corrected chi connectivity index (χ0v) is 9.94. The quantitative estimate of drug-likeness (QED) is 0.546. The van der Waals surface area contributed by atoms with E-state index in [-0.39, 0.29) is 19.2 Å². The van der Waals surface area contributed by atoms with E-state index in [1.165, 1.54) is 4.90 Å². The molecule has 3 N–H and O–H groups in total. The molecule has 17 heavy (non-hydrogen) atoms. The fraction of sp³-hybridized carbons (Fsp3) is 0.800. The molecule has 1 aliphatic rings. The number of nitrogens with one attached hydrogen (secondary N) is 2. The van der Waals surface area contributed by atoms with Gasteiger partial charge < -0.3 is 25.4 Å². The molecule has 0 saturated carbocycles. The van der Waals surface area contributed by atoms with Crippen LogP contribution in [0.3, 0.4) is 0 Å². The molecule has 0 aliphatic carbocycles. The van der Waals surface area contributed by atoms with Crippen molar-refractivity contribution in [2.24, 2.45) is 0 Å². The highest BCUT2D eigenvalue weighted by Gasteiger charge is 2.28. The van der Waals surface area contributed by atoms with Crippen LogP contribution in [0.25, 0.3) is 0 Å². The van der Waals surface area contributed by atoms with Crippen molar-refractivity contribution in [1.29, 1.82) is 0 Å². The van der Waals surface area contributed by atoms with Gasteiger partial charge in [0.05, 0.1) is 13.2 Å². The Bertz CT molecular complexity index is 272. The molecule has 98 valence electrons. The van der Waals surface area contributed by atoms with Gasteiger partial charge in [-0.3, -0.25) is 0 Å². The van der Waals surface area contributed by atoms with Crippen LogP contribution in [0.1, 0.15) is 6.42 Å². The fourth-order valence-electron chi connectivity index (χ4n) is 1.56. The lowest BCUT2D eigenvalue weighted by atomic mass is 10.3. The summed E-state index contributed by atoms with van der Waals surface area (Å²) in [5, 5.41) is 14.5. The SMILES string of the molecule is CNCCCNC(=O)N1CCOC(C(=O)O)C1. The Kier molecular flexibility index (Phi) is 5.71. The molecule has 0 bridgehead atoms. The predicted octanol–water partition coefficient (Wildman–Crippen LogP) is -0.909. The first-order chi connectivity index (χ1) is 8.15. The van der Waals surface area contributed by atoms with Crippen LogP contribution in [0.5, 0.6) is 0 Å². The minimum atomic E-state index is -1.03. The number of carbonyl (C=O) groups is 2. The Morgan fingerprint density at radius 1 is 1.47 bits per heavy atom. The summed E-state index contributed by atoms with van der Waals surface area (Å²) < 4.78 is 5.03. The van der Waals surface area contributed by atoms with E-state index in [1.54, 1.807) is 0 Å². The molecule has 2 amide bonds. The van der Waals surface area contributed by atoms with Crippen LogP contribution in [-0.4, -0.2) is 67.9 Å². The van der Waals surface area contributed by atoms with E-state index in [0.717, 1.165) is 13.0 Å². The Labute approximate surface area is 100 Å². The normalized spacial score (nSPS) is 20.1. The number of urea groups is 1. The Morgan fingerprint density at radius 2 is 2.24 bits per heavy atom. The first-order valence-corrected chi connectivity index (χ1v) is 5.67. The zero-order valence-electron chi connectivity index (χ0n) is 9.94. The number of carboxylic acids is 1. The van der Waals surface area contributed by atoms with Gasteiger partial charge in [-0.25, -0.2) is 9.59 Å². The summed E-state index contributed by atoms with van der Waals surface area (Å²) in [5.41, 5.74) is 0. The Hall–Kier alpha value is -1.34. The maximum atomic E-state index is 11.7. The highest BCUT2D eigenvalue weighted by Crippen LogP contribution is 2.05. The number of nitrogens with zero attached hydrogens (tertiary/aromatic N) is 1. The van der Waals surface area contributed by atoms with Crippen molar-refractivity contribution in [3.63, 3.8) is 0 Å². The Morgan fingerprint density at radius 3 is 2.88 bits per heavy atom. The number of morpholine rings is 1. The van der Waals surface area contributed by atoms with Crippen molar-refractivity contribution in [2.45, 2.75) is 12.5 Å². The molecule has 7 nitrogen and oxygen atoms in total. The van der Waals surface area contributed by atoms with Crippen LogP contribution in [0.2, 0.25) is 0 Å². The second-order valence-electron chi connectivity index (χ2n) is 3.83. The van der Waals surface area contributed by atoms with Crippen molar-refractivity contribution in [2.75, 3.05) is 39.8 Å². The minimum absolute atomic E-state index is 0.104. The van der Waals surface area contributed by atoms with Gasteiger partial charge in [-0.15, -0.1) is 0 Å². The minimum Gasteiger partial charge on any atom is -0.479 e. The Balaban J connectivity index is 2.28. The number of aliphatic carboxylic acids is 1. The third-order valence-corrected chi connectivity index (χ3v) is 2.51. The average Bonchev–Trinajstić information content (AvgIpc) is 2.34. The van der Waals surface area contributed by atoms with E-state index in [9.17, 15) is 9.59 Å². The van der Waals surface area contributed by atoms with Crippen molar-refractivity contribution in [3.8, 4) is 0 Å². The van der Waals surface area contributed by atoms with Crippen LogP contribution in [0.15, 0.2) is 0 Å².